The van der Waals surface area contributed by atoms with Crippen LogP contribution in [0.1, 0.15) is 36.8 Å². The number of hydrogen-bond donors (Lipinski definition) is 1. The van der Waals surface area contributed by atoms with Crippen LogP contribution in [0.5, 0.6) is 0 Å². The normalized spacial score (nSPS) is 11.1. The van der Waals surface area contributed by atoms with Gasteiger partial charge in [0.1, 0.15) is 12.4 Å². The van der Waals surface area contributed by atoms with Crippen LogP contribution in [0.15, 0.2) is 48.5 Å². The van der Waals surface area contributed by atoms with E-state index in [1.165, 1.54) is 0 Å². The quantitative estimate of drug-likeness (QED) is 0.219. The third-order valence-electron chi connectivity index (χ3n) is 5.64. The van der Waals surface area contributed by atoms with Crippen molar-refractivity contribution in [2.45, 2.75) is 39.3 Å². The molecule has 35 heavy (non-hydrogen) atoms. The number of imidazole rings is 1. The SMILES string of the molecule is CCc1nc(Cl)c(COC(=O)CCCSC)n1Cc1ccc(-c2ccccc2-c2nn[nH]n2)cc1. The van der Waals surface area contributed by atoms with E-state index in [4.69, 9.17) is 16.3 Å². The predicted octanol–water partition coefficient (Wildman–Crippen LogP) is 5.18. The minimum atomic E-state index is -0.217. The fourth-order valence-corrected chi connectivity index (χ4v) is 4.55. The zero-order valence-electron chi connectivity index (χ0n) is 19.7. The van der Waals surface area contributed by atoms with Crippen molar-refractivity contribution in [3.05, 3.63) is 70.8 Å². The molecule has 2 aromatic carbocycles. The highest BCUT2D eigenvalue weighted by molar-refractivity contribution is 7.98. The van der Waals surface area contributed by atoms with E-state index in [-0.39, 0.29) is 12.6 Å². The Hall–Kier alpha value is -3.17. The first-order chi connectivity index (χ1) is 17.1. The van der Waals surface area contributed by atoms with Gasteiger partial charge in [0, 0.05) is 24.9 Å². The molecule has 0 radical (unpaired) electrons. The molecule has 0 atom stereocenters. The maximum atomic E-state index is 12.1. The number of hydrogen-bond acceptors (Lipinski definition) is 7. The summed E-state index contributed by atoms with van der Waals surface area (Å²) < 4.78 is 7.55. The second-order valence-electron chi connectivity index (χ2n) is 7.94. The minimum absolute atomic E-state index is 0.111. The third kappa shape index (κ3) is 6.10. The maximum absolute atomic E-state index is 12.1. The second kappa shape index (κ2) is 12.0. The molecule has 0 bridgehead atoms. The van der Waals surface area contributed by atoms with Crippen LogP contribution in [0.25, 0.3) is 22.5 Å². The molecule has 1 N–H and O–H groups in total. The van der Waals surface area contributed by atoms with E-state index in [1.54, 1.807) is 11.8 Å². The predicted molar refractivity (Wildman–Crippen MR) is 138 cm³/mol. The number of carbonyl (C=O) groups is 1. The molecule has 2 aromatic heterocycles. The van der Waals surface area contributed by atoms with Crippen LogP contribution in [-0.4, -0.2) is 48.2 Å². The van der Waals surface area contributed by atoms with Gasteiger partial charge in [0.2, 0.25) is 5.82 Å². The van der Waals surface area contributed by atoms with Crippen molar-refractivity contribution in [1.82, 2.24) is 30.2 Å². The van der Waals surface area contributed by atoms with E-state index in [0.717, 1.165) is 46.7 Å². The largest absolute Gasteiger partial charge is 0.459 e. The number of thioether (sulfide) groups is 1. The molecule has 0 aliphatic heterocycles. The Kier molecular flexibility index (Phi) is 8.54. The summed E-state index contributed by atoms with van der Waals surface area (Å²) in [5.41, 5.74) is 4.78. The van der Waals surface area contributed by atoms with Crippen molar-refractivity contribution in [1.29, 1.82) is 0 Å². The van der Waals surface area contributed by atoms with Crippen molar-refractivity contribution >= 4 is 29.3 Å². The fraction of sp³-hybridized carbons (Fsp3) is 0.320. The molecule has 0 fully saturated rings. The van der Waals surface area contributed by atoms with Gasteiger partial charge in [0.25, 0.3) is 0 Å². The molecule has 0 spiro atoms. The van der Waals surface area contributed by atoms with E-state index < -0.39 is 0 Å². The van der Waals surface area contributed by atoms with Crippen LogP contribution in [0, 0.1) is 0 Å². The highest BCUT2D eigenvalue weighted by Gasteiger charge is 2.17. The van der Waals surface area contributed by atoms with Crippen LogP contribution >= 0.6 is 23.4 Å². The van der Waals surface area contributed by atoms with E-state index >= 15 is 0 Å². The summed E-state index contributed by atoms with van der Waals surface area (Å²) in [6, 6.07) is 16.3. The first-order valence-electron chi connectivity index (χ1n) is 11.4. The van der Waals surface area contributed by atoms with Gasteiger partial charge in [-0.05, 0) is 40.3 Å². The Morgan fingerprint density at radius 1 is 1.14 bits per heavy atom. The zero-order valence-corrected chi connectivity index (χ0v) is 21.3. The molecule has 0 aliphatic rings. The number of benzene rings is 2. The van der Waals surface area contributed by atoms with Crippen molar-refractivity contribution in [3.63, 3.8) is 0 Å². The lowest BCUT2D eigenvalue weighted by Gasteiger charge is -2.13. The standard InChI is InChI=1S/C25H27ClN6O2S/c1-3-22-27-24(26)21(16-34-23(33)9-6-14-35-2)32(22)15-17-10-12-18(13-11-17)19-7-4-5-8-20(19)25-28-30-31-29-25/h4-5,7-8,10-13H,3,6,9,14-16H2,1-2H3,(H,28,29,30,31). The highest BCUT2D eigenvalue weighted by atomic mass is 35.5. The van der Waals surface area contributed by atoms with Crippen molar-refractivity contribution in [3.8, 4) is 22.5 Å². The van der Waals surface area contributed by atoms with Gasteiger partial charge < -0.3 is 9.30 Å². The monoisotopic (exact) mass is 510 g/mol. The number of ether oxygens (including phenoxy) is 1. The lowest BCUT2D eigenvalue weighted by molar-refractivity contribution is -0.145. The minimum Gasteiger partial charge on any atom is -0.459 e. The van der Waals surface area contributed by atoms with Crippen molar-refractivity contribution in [2.75, 3.05) is 12.0 Å². The maximum Gasteiger partial charge on any atom is 0.306 e. The molecule has 4 aromatic rings. The molecule has 182 valence electrons. The summed E-state index contributed by atoms with van der Waals surface area (Å²) >= 11 is 8.15. The first kappa shape index (κ1) is 24.9. The number of nitrogens with zero attached hydrogens (tertiary/aromatic N) is 5. The van der Waals surface area contributed by atoms with E-state index in [9.17, 15) is 4.79 Å². The Labute approximate surface area is 213 Å². The molecule has 2 heterocycles. The van der Waals surface area contributed by atoms with Gasteiger partial charge in [-0.25, -0.2) is 4.98 Å². The van der Waals surface area contributed by atoms with Gasteiger partial charge >= 0.3 is 5.97 Å². The smallest absolute Gasteiger partial charge is 0.306 e. The first-order valence-corrected chi connectivity index (χ1v) is 13.2. The van der Waals surface area contributed by atoms with Gasteiger partial charge in [0.15, 0.2) is 5.15 Å². The molecule has 10 heteroatoms. The average Bonchev–Trinajstić information content (AvgIpc) is 3.52. The molecule has 4 rings (SSSR count). The number of carbonyl (C=O) groups excluding carboxylic acids is 1. The number of aryl methyl sites for hydroxylation is 1. The van der Waals surface area contributed by atoms with Crippen LogP contribution in [-0.2, 0) is 29.1 Å². The lowest BCUT2D eigenvalue weighted by atomic mass is 9.98. The molecule has 0 aliphatic carbocycles. The van der Waals surface area contributed by atoms with Gasteiger partial charge in [-0.1, -0.05) is 67.1 Å². The Balaban J connectivity index is 1.52. The number of aromatic nitrogens is 6. The molecule has 0 saturated carbocycles. The number of H-pyrrole nitrogens is 1. The van der Waals surface area contributed by atoms with Crippen LogP contribution in [0.4, 0.5) is 0 Å². The second-order valence-corrected chi connectivity index (χ2v) is 9.28. The summed E-state index contributed by atoms with van der Waals surface area (Å²) in [6.07, 6.45) is 3.95. The van der Waals surface area contributed by atoms with Gasteiger partial charge in [-0.15, -0.1) is 10.2 Å². The molecular formula is C25H27ClN6O2S. The lowest BCUT2D eigenvalue weighted by Crippen LogP contribution is -2.12. The van der Waals surface area contributed by atoms with E-state index in [0.29, 0.717) is 29.6 Å². The topological polar surface area (TPSA) is 98.6 Å². The zero-order chi connectivity index (χ0) is 24.6. The summed E-state index contributed by atoms with van der Waals surface area (Å²) in [6.45, 7) is 2.72. The highest BCUT2D eigenvalue weighted by Crippen LogP contribution is 2.30. The molecule has 0 saturated heterocycles. The van der Waals surface area contributed by atoms with Gasteiger partial charge in [-0.3, -0.25) is 4.79 Å². The number of esters is 1. The number of tetrazole rings is 1. The average molecular weight is 511 g/mol. The Bertz CT molecular complexity index is 1260. The number of aromatic amines is 1. The molecular weight excluding hydrogens is 484 g/mol. The number of rotatable bonds is 11. The van der Waals surface area contributed by atoms with Crippen LogP contribution in [0.3, 0.4) is 0 Å². The number of nitrogens with one attached hydrogen (secondary N) is 1. The van der Waals surface area contributed by atoms with Crippen LogP contribution < -0.4 is 0 Å². The molecule has 8 nitrogen and oxygen atoms in total. The summed E-state index contributed by atoms with van der Waals surface area (Å²) in [7, 11) is 0. The van der Waals surface area contributed by atoms with Crippen molar-refractivity contribution in [2.24, 2.45) is 0 Å². The molecule has 0 unspecified atom stereocenters. The summed E-state index contributed by atoms with van der Waals surface area (Å²) in [5, 5.41) is 14.8. The van der Waals surface area contributed by atoms with E-state index in [1.807, 2.05) is 42.0 Å². The van der Waals surface area contributed by atoms with E-state index in [2.05, 4.69) is 49.9 Å². The third-order valence-corrected chi connectivity index (χ3v) is 6.64. The summed E-state index contributed by atoms with van der Waals surface area (Å²) in [4.78, 5) is 16.6. The summed E-state index contributed by atoms with van der Waals surface area (Å²) in [5.74, 6) is 2.13. The molecule has 0 amide bonds. The van der Waals surface area contributed by atoms with Gasteiger partial charge in [0.05, 0.1) is 5.69 Å². The Morgan fingerprint density at radius 3 is 2.60 bits per heavy atom. The Morgan fingerprint density at radius 2 is 1.91 bits per heavy atom. The van der Waals surface area contributed by atoms with Gasteiger partial charge in [-0.2, -0.15) is 17.0 Å². The van der Waals surface area contributed by atoms with Crippen LogP contribution in [0.2, 0.25) is 5.15 Å². The fourth-order valence-electron chi connectivity index (χ4n) is 3.86. The number of halogens is 1. The van der Waals surface area contributed by atoms with Crippen molar-refractivity contribution < 1.29 is 9.53 Å².